The van der Waals surface area contributed by atoms with E-state index in [0.717, 1.165) is 0 Å². The second-order valence-electron chi connectivity index (χ2n) is 4.65. The average molecular weight is 252 g/mol. The number of aliphatic hydroxyl groups is 1. The van der Waals surface area contributed by atoms with E-state index in [2.05, 4.69) is 5.32 Å². The van der Waals surface area contributed by atoms with Gasteiger partial charge in [-0.25, -0.2) is 0 Å². The molecular weight excluding hydrogens is 232 g/mol. The molecule has 1 aromatic carbocycles. The van der Waals surface area contributed by atoms with Gasteiger partial charge in [-0.15, -0.1) is 0 Å². The maximum Gasteiger partial charge on any atom is 0.274 e. The van der Waals surface area contributed by atoms with Crippen molar-refractivity contribution in [2.24, 2.45) is 5.92 Å². The molecule has 0 saturated carbocycles. The molecule has 0 spiro atoms. The fraction of sp³-hybridized carbons (Fsp3) is 0.538. The molecule has 5 heteroatoms. The monoisotopic (exact) mass is 252 g/mol. The van der Waals surface area contributed by atoms with Gasteiger partial charge >= 0.3 is 0 Å². The SMILES string of the molecule is CC(NC(C)C(C)CO)c1ccccc1[N+](=O)[O-]. The van der Waals surface area contributed by atoms with E-state index in [0.29, 0.717) is 5.56 Å². The maximum absolute atomic E-state index is 10.9. The Morgan fingerprint density at radius 2 is 1.94 bits per heavy atom. The number of para-hydroxylation sites is 1. The topological polar surface area (TPSA) is 75.4 Å². The lowest BCUT2D eigenvalue weighted by Gasteiger charge is -2.24. The molecule has 0 bridgehead atoms. The van der Waals surface area contributed by atoms with Gasteiger partial charge < -0.3 is 10.4 Å². The molecule has 2 N–H and O–H groups in total. The highest BCUT2D eigenvalue weighted by Gasteiger charge is 2.20. The molecule has 0 saturated heterocycles. The third kappa shape index (κ3) is 3.51. The number of nitrogens with one attached hydrogen (secondary N) is 1. The highest BCUT2D eigenvalue weighted by molar-refractivity contribution is 5.41. The summed E-state index contributed by atoms with van der Waals surface area (Å²) in [6.45, 7) is 5.89. The van der Waals surface area contributed by atoms with Crippen LogP contribution in [-0.4, -0.2) is 22.7 Å². The number of nitro benzene ring substituents is 1. The fourth-order valence-electron chi connectivity index (χ4n) is 1.83. The van der Waals surface area contributed by atoms with Gasteiger partial charge in [0.25, 0.3) is 5.69 Å². The molecule has 1 rings (SSSR count). The molecule has 0 fully saturated rings. The minimum Gasteiger partial charge on any atom is -0.396 e. The highest BCUT2D eigenvalue weighted by atomic mass is 16.6. The number of benzene rings is 1. The van der Waals surface area contributed by atoms with Gasteiger partial charge in [0.1, 0.15) is 0 Å². The smallest absolute Gasteiger partial charge is 0.274 e. The van der Waals surface area contributed by atoms with Crippen molar-refractivity contribution in [1.29, 1.82) is 0 Å². The Morgan fingerprint density at radius 3 is 2.50 bits per heavy atom. The molecule has 3 unspecified atom stereocenters. The van der Waals surface area contributed by atoms with Crippen LogP contribution >= 0.6 is 0 Å². The minimum atomic E-state index is -0.367. The molecule has 0 aliphatic carbocycles. The summed E-state index contributed by atoms with van der Waals surface area (Å²) in [6, 6.07) is 6.68. The van der Waals surface area contributed by atoms with E-state index >= 15 is 0 Å². The van der Waals surface area contributed by atoms with Gasteiger partial charge in [-0.3, -0.25) is 10.1 Å². The summed E-state index contributed by atoms with van der Waals surface area (Å²) in [5.41, 5.74) is 0.792. The van der Waals surface area contributed by atoms with Gasteiger partial charge in [-0.2, -0.15) is 0 Å². The van der Waals surface area contributed by atoms with Crippen LogP contribution in [0.25, 0.3) is 0 Å². The van der Waals surface area contributed by atoms with Crippen LogP contribution in [-0.2, 0) is 0 Å². The van der Waals surface area contributed by atoms with Crippen molar-refractivity contribution in [1.82, 2.24) is 5.32 Å². The third-order valence-corrected chi connectivity index (χ3v) is 3.25. The molecule has 0 heterocycles. The van der Waals surface area contributed by atoms with Gasteiger partial charge in [-0.1, -0.05) is 25.1 Å². The van der Waals surface area contributed by atoms with Crippen LogP contribution in [0.5, 0.6) is 0 Å². The number of nitrogens with zero attached hydrogens (tertiary/aromatic N) is 1. The Hall–Kier alpha value is -1.46. The standard InChI is InChI=1S/C13H20N2O3/c1-9(8-16)10(2)14-11(3)12-6-4-5-7-13(12)15(17)18/h4-7,9-11,14,16H,8H2,1-3H3. The van der Waals surface area contributed by atoms with E-state index < -0.39 is 0 Å². The number of hydrogen-bond acceptors (Lipinski definition) is 4. The third-order valence-electron chi connectivity index (χ3n) is 3.25. The van der Waals surface area contributed by atoms with Crippen LogP contribution in [0.4, 0.5) is 5.69 Å². The summed E-state index contributed by atoms with van der Waals surface area (Å²) >= 11 is 0. The number of nitro groups is 1. The summed E-state index contributed by atoms with van der Waals surface area (Å²) in [7, 11) is 0. The van der Waals surface area contributed by atoms with Gasteiger partial charge in [-0.05, 0) is 19.8 Å². The Morgan fingerprint density at radius 1 is 1.33 bits per heavy atom. The Bertz CT molecular complexity index is 409. The zero-order valence-corrected chi connectivity index (χ0v) is 11.0. The van der Waals surface area contributed by atoms with Crippen molar-refractivity contribution in [3.63, 3.8) is 0 Å². The molecule has 0 amide bonds. The first-order valence-corrected chi connectivity index (χ1v) is 6.07. The second-order valence-corrected chi connectivity index (χ2v) is 4.65. The van der Waals surface area contributed by atoms with Gasteiger partial charge in [0, 0.05) is 30.3 Å². The first-order chi connectivity index (χ1) is 8.47. The lowest BCUT2D eigenvalue weighted by Crippen LogP contribution is -2.35. The van der Waals surface area contributed by atoms with Gasteiger partial charge in [0.05, 0.1) is 4.92 Å². The van der Waals surface area contributed by atoms with E-state index in [1.807, 2.05) is 20.8 Å². The average Bonchev–Trinajstić information content (AvgIpc) is 2.37. The van der Waals surface area contributed by atoms with E-state index in [1.54, 1.807) is 18.2 Å². The fourth-order valence-corrected chi connectivity index (χ4v) is 1.83. The summed E-state index contributed by atoms with van der Waals surface area (Å²) < 4.78 is 0. The largest absolute Gasteiger partial charge is 0.396 e. The highest BCUT2D eigenvalue weighted by Crippen LogP contribution is 2.25. The Kier molecular flexibility index (Phi) is 5.25. The number of aliphatic hydroxyl groups excluding tert-OH is 1. The molecule has 5 nitrogen and oxygen atoms in total. The van der Waals surface area contributed by atoms with Gasteiger partial charge in [0.15, 0.2) is 0 Å². The van der Waals surface area contributed by atoms with Crippen molar-refractivity contribution < 1.29 is 10.0 Å². The molecule has 1 aromatic rings. The summed E-state index contributed by atoms with van der Waals surface area (Å²) in [5.74, 6) is 0.107. The van der Waals surface area contributed by atoms with Crippen LogP contribution in [0.15, 0.2) is 24.3 Å². The van der Waals surface area contributed by atoms with E-state index in [4.69, 9.17) is 5.11 Å². The van der Waals surface area contributed by atoms with Crippen LogP contribution in [0.3, 0.4) is 0 Å². The van der Waals surface area contributed by atoms with E-state index in [9.17, 15) is 10.1 Å². The quantitative estimate of drug-likeness (QED) is 0.601. The normalized spacial score (nSPS) is 16.0. The van der Waals surface area contributed by atoms with Crippen molar-refractivity contribution >= 4 is 5.69 Å². The summed E-state index contributed by atoms with van der Waals surface area (Å²) in [4.78, 5) is 10.6. The summed E-state index contributed by atoms with van der Waals surface area (Å²) in [6.07, 6.45) is 0. The molecule has 100 valence electrons. The van der Waals surface area contributed by atoms with E-state index in [-0.39, 0.29) is 35.2 Å². The maximum atomic E-state index is 10.9. The molecular formula is C13H20N2O3. The predicted octanol–water partition coefficient (Wildman–Crippen LogP) is 2.26. The minimum absolute atomic E-state index is 0.0878. The second kappa shape index (κ2) is 6.47. The van der Waals surface area contributed by atoms with Crippen molar-refractivity contribution in [3.8, 4) is 0 Å². The molecule has 0 aromatic heterocycles. The zero-order valence-electron chi connectivity index (χ0n) is 11.0. The molecule has 0 aliphatic heterocycles. The summed E-state index contributed by atoms with van der Waals surface area (Å²) in [5, 5.41) is 23.3. The first-order valence-electron chi connectivity index (χ1n) is 6.07. The Labute approximate surface area is 107 Å². The van der Waals surface area contributed by atoms with Crippen LogP contribution in [0, 0.1) is 16.0 Å². The number of hydrogen-bond donors (Lipinski definition) is 2. The lowest BCUT2D eigenvalue weighted by atomic mass is 10.0. The number of rotatable bonds is 6. The van der Waals surface area contributed by atoms with Crippen LogP contribution in [0.1, 0.15) is 32.4 Å². The Balaban J connectivity index is 2.84. The van der Waals surface area contributed by atoms with Gasteiger partial charge in [0.2, 0.25) is 0 Å². The zero-order chi connectivity index (χ0) is 13.7. The lowest BCUT2D eigenvalue weighted by molar-refractivity contribution is -0.385. The van der Waals surface area contributed by atoms with Crippen molar-refractivity contribution in [3.05, 3.63) is 39.9 Å². The molecule has 0 radical (unpaired) electrons. The van der Waals surface area contributed by atoms with Crippen molar-refractivity contribution in [2.75, 3.05) is 6.61 Å². The van der Waals surface area contributed by atoms with E-state index in [1.165, 1.54) is 6.07 Å². The van der Waals surface area contributed by atoms with Crippen LogP contribution < -0.4 is 5.32 Å². The molecule has 3 atom stereocenters. The predicted molar refractivity (Wildman–Crippen MR) is 70.4 cm³/mol. The van der Waals surface area contributed by atoms with Crippen LogP contribution in [0.2, 0.25) is 0 Å². The van der Waals surface area contributed by atoms with Crippen molar-refractivity contribution in [2.45, 2.75) is 32.9 Å². The first kappa shape index (κ1) is 14.6. The molecule has 0 aliphatic rings. The molecule has 18 heavy (non-hydrogen) atoms.